The number of rotatable bonds is 9. The molecule has 0 aliphatic carbocycles. The number of nitrogens with one attached hydrogen (secondary N) is 1. The van der Waals surface area contributed by atoms with Gasteiger partial charge in [0.2, 0.25) is 5.91 Å². The molecule has 0 spiro atoms. The Hall–Kier alpha value is -1.39. The van der Waals surface area contributed by atoms with Crippen molar-refractivity contribution in [3.63, 3.8) is 0 Å². The number of carbonyl (C=O) groups is 1. The molecule has 4 heteroatoms. The summed E-state index contributed by atoms with van der Waals surface area (Å²) in [7, 11) is 0. The van der Waals surface area contributed by atoms with Gasteiger partial charge in [0, 0.05) is 12.6 Å². The van der Waals surface area contributed by atoms with Gasteiger partial charge in [-0.05, 0) is 30.4 Å². The standard InChI is InChI=1S/C16H26N2O2/c1-12(2)10-14-4-6-15(7-5-14)13(3)18-8-9-20-11-16(17)19/h4-7,12-13,18H,8-11H2,1-3H3,(H2,17,19). The van der Waals surface area contributed by atoms with E-state index in [1.807, 2.05) is 0 Å². The zero-order valence-corrected chi connectivity index (χ0v) is 12.7. The molecule has 0 aromatic heterocycles. The summed E-state index contributed by atoms with van der Waals surface area (Å²) in [6.07, 6.45) is 1.11. The van der Waals surface area contributed by atoms with Gasteiger partial charge in [-0.1, -0.05) is 38.1 Å². The van der Waals surface area contributed by atoms with Crippen LogP contribution in [0.3, 0.4) is 0 Å². The molecular weight excluding hydrogens is 252 g/mol. The number of primary amides is 1. The number of amides is 1. The van der Waals surface area contributed by atoms with Crippen LogP contribution in [0.2, 0.25) is 0 Å². The molecule has 1 aromatic rings. The molecule has 1 unspecified atom stereocenters. The molecule has 0 fully saturated rings. The van der Waals surface area contributed by atoms with E-state index in [1.165, 1.54) is 11.1 Å². The van der Waals surface area contributed by atoms with Crippen LogP contribution in [0, 0.1) is 5.92 Å². The van der Waals surface area contributed by atoms with Crippen LogP contribution in [0.4, 0.5) is 0 Å². The first-order valence-corrected chi connectivity index (χ1v) is 7.17. The summed E-state index contributed by atoms with van der Waals surface area (Å²) in [5.74, 6) is 0.248. The van der Waals surface area contributed by atoms with Crippen LogP contribution in [0.25, 0.3) is 0 Å². The van der Waals surface area contributed by atoms with Gasteiger partial charge >= 0.3 is 0 Å². The van der Waals surface area contributed by atoms with Crippen LogP contribution in [-0.2, 0) is 16.0 Å². The van der Waals surface area contributed by atoms with Gasteiger partial charge in [0.1, 0.15) is 6.61 Å². The molecular formula is C16H26N2O2. The summed E-state index contributed by atoms with van der Waals surface area (Å²) in [6, 6.07) is 8.98. The van der Waals surface area contributed by atoms with Gasteiger partial charge in [-0.3, -0.25) is 4.79 Å². The average molecular weight is 278 g/mol. The minimum Gasteiger partial charge on any atom is -0.370 e. The van der Waals surface area contributed by atoms with Crippen LogP contribution >= 0.6 is 0 Å². The van der Waals surface area contributed by atoms with Crippen molar-refractivity contribution in [1.82, 2.24) is 5.32 Å². The molecule has 1 rings (SSSR count). The van der Waals surface area contributed by atoms with Crippen LogP contribution in [0.15, 0.2) is 24.3 Å². The lowest BCUT2D eigenvalue weighted by atomic mass is 10.00. The van der Waals surface area contributed by atoms with Crippen molar-refractivity contribution < 1.29 is 9.53 Å². The van der Waals surface area contributed by atoms with Gasteiger partial charge in [0.05, 0.1) is 6.61 Å². The van der Waals surface area contributed by atoms with Gasteiger partial charge in [0.25, 0.3) is 0 Å². The zero-order valence-electron chi connectivity index (χ0n) is 12.7. The normalized spacial score (nSPS) is 12.6. The highest BCUT2D eigenvalue weighted by molar-refractivity contribution is 5.74. The summed E-state index contributed by atoms with van der Waals surface area (Å²) in [6.45, 7) is 7.74. The number of hydrogen-bond donors (Lipinski definition) is 2. The Morgan fingerprint density at radius 1 is 1.25 bits per heavy atom. The second kappa shape index (κ2) is 8.72. The maximum absolute atomic E-state index is 10.5. The molecule has 1 aromatic carbocycles. The fourth-order valence-electron chi connectivity index (χ4n) is 2.05. The second-order valence-electron chi connectivity index (χ2n) is 5.53. The molecule has 112 valence electrons. The van der Waals surface area contributed by atoms with E-state index in [9.17, 15) is 4.79 Å². The number of ether oxygens (including phenoxy) is 1. The van der Waals surface area contributed by atoms with Gasteiger partial charge in [-0.2, -0.15) is 0 Å². The monoisotopic (exact) mass is 278 g/mol. The Morgan fingerprint density at radius 3 is 2.45 bits per heavy atom. The van der Waals surface area contributed by atoms with E-state index in [0.29, 0.717) is 19.1 Å². The van der Waals surface area contributed by atoms with Crippen LogP contribution in [0.5, 0.6) is 0 Å². The Labute approximate surface area is 121 Å². The van der Waals surface area contributed by atoms with Crippen molar-refractivity contribution in [2.45, 2.75) is 33.2 Å². The lowest BCUT2D eigenvalue weighted by Crippen LogP contribution is -2.26. The Kier molecular flexibility index (Phi) is 7.26. The van der Waals surface area contributed by atoms with E-state index in [-0.39, 0.29) is 12.6 Å². The molecule has 0 radical (unpaired) electrons. The van der Waals surface area contributed by atoms with Crippen molar-refractivity contribution in [1.29, 1.82) is 0 Å². The van der Waals surface area contributed by atoms with Crippen LogP contribution in [-0.4, -0.2) is 25.7 Å². The van der Waals surface area contributed by atoms with Gasteiger partial charge < -0.3 is 15.8 Å². The third kappa shape index (κ3) is 6.68. The van der Waals surface area contributed by atoms with Crippen molar-refractivity contribution in [3.8, 4) is 0 Å². The van der Waals surface area contributed by atoms with E-state index >= 15 is 0 Å². The number of carbonyl (C=O) groups excluding carboxylic acids is 1. The van der Waals surface area contributed by atoms with Crippen molar-refractivity contribution in [3.05, 3.63) is 35.4 Å². The van der Waals surface area contributed by atoms with E-state index in [2.05, 4.69) is 50.4 Å². The first-order valence-electron chi connectivity index (χ1n) is 7.17. The summed E-state index contributed by atoms with van der Waals surface area (Å²) >= 11 is 0. The molecule has 20 heavy (non-hydrogen) atoms. The molecule has 0 bridgehead atoms. The molecule has 1 amide bonds. The molecule has 0 saturated carbocycles. The van der Waals surface area contributed by atoms with Crippen molar-refractivity contribution >= 4 is 5.91 Å². The highest BCUT2D eigenvalue weighted by Gasteiger charge is 2.05. The van der Waals surface area contributed by atoms with Crippen LogP contribution in [0.1, 0.15) is 37.9 Å². The lowest BCUT2D eigenvalue weighted by Gasteiger charge is -2.15. The number of benzene rings is 1. The molecule has 1 atom stereocenters. The minimum absolute atomic E-state index is 0.0139. The van der Waals surface area contributed by atoms with Gasteiger partial charge in [-0.25, -0.2) is 0 Å². The Morgan fingerprint density at radius 2 is 1.90 bits per heavy atom. The van der Waals surface area contributed by atoms with Crippen molar-refractivity contribution in [2.24, 2.45) is 11.7 Å². The minimum atomic E-state index is -0.432. The van der Waals surface area contributed by atoms with Crippen molar-refractivity contribution in [2.75, 3.05) is 19.8 Å². The maximum atomic E-state index is 10.5. The van der Waals surface area contributed by atoms with Crippen LogP contribution < -0.4 is 11.1 Å². The molecule has 0 aliphatic rings. The Balaban J connectivity index is 2.32. The largest absolute Gasteiger partial charge is 0.370 e. The molecule has 4 nitrogen and oxygen atoms in total. The number of nitrogens with two attached hydrogens (primary N) is 1. The first kappa shape index (κ1) is 16.7. The SMILES string of the molecule is CC(C)Cc1ccc(C(C)NCCOCC(N)=O)cc1. The van der Waals surface area contributed by atoms with Gasteiger partial charge in [-0.15, -0.1) is 0 Å². The van der Waals surface area contributed by atoms with E-state index in [0.717, 1.165) is 6.42 Å². The lowest BCUT2D eigenvalue weighted by molar-refractivity contribution is -0.122. The summed E-state index contributed by atoms with van der Waals surface area (Å²) in [5.41, 5.74) is 7.62. The predicted octanol–water partition coefficient (Wildman–Crippen LogP) is 2.04. The van der Waals surface area contributed by atoms with E-state index < -0.39 is 5.91 Å². The predicted molar refractivity (Wildman–Crippen MR) is 81.4 cm³/mol. The molecule has 3 N–H and O–H groups in total. The maximum Gasteiger partial charge on any atom is 0.243 e. The fourth-order valence-corrected chi connectivity index (χ4v) is 2.05. The Bertz CT molecular complexity index is 401. The molecule has 0 heterocycles. The summed E-state index contributed by atoms with van der Waals surface area (Å²) in [4.78, 5) is 10.5. The highest BCUT2D eigenvalue weighted by atomic mass is 16.5. The third-order valence-electron chi connectivity index (χ3n) is 3.06. The second-order valence-corrected chi connectivity index (χ2v) is 5.53. The fraction of sp³-hybridized carbons (Fsp3) is 0.562. The van der Waals surface area contributed by atoms with E-state index in [1.54, 1.807) is 0 Å². The topological polar surface area (TPSA) is 64.3 Å². The van der Waals surface area contributed by atoms with E-state index in [4.69, 9.17) is 10.5 Å². The molecule has 0 aliphatic heterocycles. The quantitative estimate of drug-likeness (QED) is 0.679. The first-order chi connectivity index (χ1) is 9.49. The zero-order chi connectivity index (χ0) is 15.0. The summed E-state index contributed by atoms with van der Waals surface area (Å²) < 4.78 is 5.11. The molecule has 0 saturated heterocycles. The highest BCUT2D eigenvalue weighted by Crippen LogP contribution is 2.15. The van der Waals surface area contributed by atoms with Gasteiger partial charge in [0.15, 0.2) is 0 Å². The third-order valence-corrected chi connectivity index (χ3v) is 3.06. The smallest absolute Gasteiger partial charge is 0.243 e. The average Bonchev–Trinajstić information content (AvgIpc) is 2.38. The summed E-state index contributed by atoms with van der Waals surface area (Å²) in [5, 5.41) is 3.36. The number of hydrogen-bond acceptors (Lipinski definition) is 3.